The second-order valence-electron chi connectivity index (χ2n) is 5.30. The van der Waals surface area contributed by atoms with Crippen LogP contribution < -0.4 is 10.2 Å². The molecule has 1 aromatic heterocycles. The van der Waals surface area contributed by atoms with Crippen LogP contribution in [0.2, 0.25) is 5.02 Å². The summed E-state index contributed by atoms with van der Waals surface area (Å²) in [4.78, 5) is 6.50. The minimum atomic E-state index is 0.261. The summed E-state index contributed by atoms with van der Waals surface area (Å²) in [7, 11) is 4.05. The quantitative estimate of drug-likeness (QED) is 0.888. The number of hydrogen-bond donors (Lipinski definition) is 1. The number of halogens is 1. The van der Waals surface area contributed by atoms with E-state index in [9.17, 15) is 0 Å². The van der Waals surface area contributed by atoms with Crippen LogP contribution in [0.1, 0.15) is 31.3 Å². The van der Waals surface area contributed by atoms with E-state index in [-0.39, 0.29) is 6.04 Å². The first-order valence-electron chi connectivity index (χ1n) is 7.23. The Morgan fingerprint density at radius 3 is 2.76 bits per heavy atom. The third-order valence-electron chi connectivity index (χ3n) is 3.70. The molecule has 0 aliphatic rings. The highest BCUT2D eigenvalue weighted by atomic mass is 35.5. The predicted octanol–water partition coefficient (Wildman–Crippen LogP) is 3.38. The molecule has 4 nitrogen and oxygen atoms in total. The van der Waals surface area contributed by atoms with Gasteiger partial charge in [-0.05, 0) is 31.2 Å². The van der Waals surface area contributed by atoms with Gasteiger partial charge in [-0.3, -0.25) is 0 Å². The summed E-state index contributed by atoms with van der Waals surface area (Å²) in [6.45, 7) is 5.90. The molecule has 114 valence electrons. The molecule has 1 atom stereocenters. The lowest BCUT2D eigenvalue weighted by atomic mass is 10.1. The Bertz CT molecular complexity index is 594. The standard InChI is InChI=1S/C16H23ClN4/c1-5-18-12(2)14-7-6-13(10-15(14)17)21(4)11-16-19-8-9-20(16)3/h6-10,12,18H,5,11H2,1-4H3. The summed E-state index contributed by atoms with van der Waals surface area (Å²) in [6.07, 6.45) is 3.77. The molecular formula is C16H23ClN4. The van der Waals surface area contributed by atoms with Gasteiger partial charge < -0.3 is 14.8 Å². The molecule has 5 heteroatoms. The molecule has 1 aromatic carbocycles. The molecule has 0 spiro atoms. The maximum absolute atomic E-state index is 6.43. The van der Waals surface area contributed by atoms with Crippen molar-refractivity contribution in [1.82, 2.24) is 14.9 Å². The third-order valence-corrected chi connectivity index (χ3v) is 4.03. The average molecular weight is 307 g/mol. The van der Waals surface area contributed by atoms with E-state index in [2.05, 4.69) is 41.2 Å². The van der Waals surface area contributed by atoms with Gasteiger partial charge in [0.1, 0.15) is 5.82 Å². The predicted molar refractivity (Wildman–Crippen MR) is 88.9 cm³/mol. The monoisotopic (exact) mass is 306 g/mol. The second kappa shape index (κ2) is 6.96. The van der Waals surface area contributed by atoms with E-state index < -0.39 is 0 Å². The molecule has 2 rings (SSSR count). The summed E-state index contributed by atoms with van der Waals surface area (Å²) in [6, 6.07) is 6.49. The molecule has 1 unspecified atom stereocenters. The van der Waals surface area contributed by atoms with Crippen LogP contribution in [-0.2, 0) is 13.6 Å². The van der Waals surface area contributed by atoms with Gasteiger partial charge in [0.25, 0.3) is 0 Å². The Kier molecular flexibility index (Phi) is 5.26. The summed E-state index contributed by atoms with van der Waals surface area (Å²) < 4.78 is 2.03. The van der Waals surface area contributed by atoms with Crippen molar-refractivity contribution in [2.24, 2.45) is 7.05 Å². The van der Waals surface area contributed by atoms with Gasteiger partial charge >= 0.3 is 0 Å². The van der Waals surface area contributed by atoms with E-state index in [0.29, 0.717) is 0 Å². The fraction of sp³-hybridized carbons (Fsp3) is 0.438. The lowest BCUT2D eigenvalue weighted by Gasteiger charge is -2.21. The van der Waals surface area contributed by atoms with Crippen LogP contribution >= 0.6 is 11.6 Å². The normalized spacial score (nSPS) is 12.4. The SMILES string of the molecule is CCNC(C)c1ccc(N(C)Cc2nccn2C)cc1Cl. The highest BCUT2D eigenvalue weighted by Gasteiger charge is 2.11. The molecule has 0 aliphatic heterocycles. The topological polar surface area (TPSA) is 33.1 Å². The maximum atomic E-state index is 6.43. The lowest BCUT2D eigenvalue weighted by molar-refractivity contribution is 0.598. The fourth-order valence-corrected chi connectivity index (χ4v) is 2.71. The van der Waals surface area contributed by atoms with E-state index in [4.69, 9.17) is 11.6 Å². The molecular weight excluding hydrogens is 284 g/mol. The van der Waals surface area contributed by atoms with Crippen LogP contribution in [0.25, 0.3) is 0 Å². The van der Waals surface area contributed by atoms with Crippen LogP contribution in [0.5, 0.6) is 0 Å². The van der Waals surface area contributed by atoms with E-state index in [1.165, 1.54) is 0 Å². The Morgan fingerprint density at radius 2 is 2.19 bits per heavy atom. The molecule has 0 fully saturated rings. The van der Waals surface area contributed by atoms with Gasteiger partial charge in [-0.15, -0.1) is 0 Å². The first-order valence-corrected chi connectivity index (χ1v) is 7.61. The molecule has 0 amide bonds. The number of aryl methyl sites for hydroxylation is 1. The third kappa shape index (κ3) is 3.77. The molecule has 0 saturated carbocycles. The van der Waals surface area contributed by atoms with Gasteiger partial charge in [0.2, 0.25) is 0 Å². The Labute approximate surface area is 131 Å². The zero-order valence-corrected chi connectivity index (χ0v) is 13.9. The number of imidazole rings is 1. The van der Waals surface area contributed by atoms with E-state index in [1.807, 2.05) is 37.1 Å². The van der Waals surface area contributed by atoms with E-state index in [1.54, 1.807) is 0 Å². The molecule has 0 saturated heterocycles. The fourth-order valence-electron chi connectivity index (χ4n) is 2.37. The lowest BCUT2D eigenvalue weighted by Crippen LogP contribution is -2.20. The van der Waals surface area contributed by atoms with Crippen LogP contribution in [0.4, 0.5) is 5.69 Å². The number of nitrogens with one attached hydrogen (secondary N) is 1. The van der Waals surface area contributed by atoms with Crippen molar-refractivity contribution in [3.63, 3.8) is 0 Å². The summed E-state index contributed by atoms with van der Waals surface area (Å²) >= 11 is 6.43. The Morgan fingerprint density at radius 1 is 1.43 bits per heavy atom. The minimum Gasteiger partial charge on any atom is -0.367 e. The maximum Gasteiger partial charge on any atom is 0.127 e. The molecule has 0 aliphatic carbocycles. The van der Waals surface area contributed by atoms with Crippen LogP contribution in [0.15, 0.2) is 30.6 Å². The highest BCUT2D eigenvalue weighted by molar-refractivity contribution is 6.31. The second-order valence-corrected chi connectivity index (χ2v) is 5.70. The number of hydrogen-bond acceptors (Lipinski definition) is 3. The summed E-state index contributed by atoms with van der Waals surface area (Å²) in [5.41, 5.74) is 2.23. The number of aromatic nitrogens is 2. The van der Waals surface area contributed by atoms with Crippen molar-refractivity contribution in [3.05, 3.63) is 47.0 Å². The van der Waals surface area contributed by atoms with Crippen molar-refractivity contribution in [2.75, 3.05) is 18.5 Å². The first-order chi connectivity index (χ1) is 10.0. The largest absolute Gasteiger partial charge is 0.367 e. The molecule has 0 bridgehead atoms. The summed E-state index contributed by atoms with van der Waals surface area (Å²) in [5, 5.41) is 4.18. The smallest absolute Gasteiger partial charge is 0.127 e. The number of rotatable bonds is 6. The van der Waals surface area contributed by atoms with Crippen molar-refractivity contribution < 1.29 is 0 Å². The highest BCUT2D eigenvalue weighted by Crippen LogP contribution is 2.28. The zero-order valence-electron chi connectivity index (χ0n) is 13.1. The van der Waals surface area contributed by atoms with Gasteiger partial charge in [0.15, 0.2) is 0 Å². The van der Waals surface area contributed by atoms with Gasteiger partial charge in [-0.1, -0.05) is 24.6 Å². The van der Waals surface area contributed by atoms with Crippen molar-refractivity contribution >= 4 is 17.3 Å². The molecule has 2 aromatic rings. The minimum absolute atomic E-state index is 0.261. The van der Waals surface area contributed by atoms with Crippen molar-refractivity contribution in [2.45, 2.75) is 26.4 Å². The Hall–Kier alpha value is -1.52. The van der Waals surface area contributed by atoms with Crippen molar-refractivity contribution in [3.8, 4) is 0 Å². The molecule has 21 heavy (non-hydrogen) atoms. The van der Waals surface area contributed by atoms with E-state index in [0.717, 1.165) is 35.2 Å². The van der Waals surface area contributed by atoms with E-state index >= 15 is 0 Å². The zero-order chi connectivity index (χ0) is 15.4. The molecule has 1 N–H and O–H groups in total. The number of nitrogens with zero attached hydrogens (tertiary/aromatic N) is 3. The summed E-state index contributed by atoms with van der Waals surface area (Å²) in [5.74, 6) is 1.03. The van der Waals surface area contributed by atoms with Crippen molar-refractivity contribution in [1.29, 1.82) is 0 Å². The first kappa shape index (κ1) is 15.9. The van der Waals surface area contributed by atoms with Crippen LogP contribution in [-0.4, -0.2) is 23.1 Å². The molecule has 1 heterocycles. The average Bonchev–Trinajstić information content (AvgIpc) is 2.84. The number of anilines is 1. The van der Waals surface area contributed by atoms with Crippen LogP contribution in [0.3, 0.4) is 0 Å². The Balaban J connectivity index is 2.14. The molecule has 0 radical (unpaired) electrons. The van der Waals surface area contributed by atoms with Gasteiger partial charge in [-0.2, -0.15) is 0 Å². The van der Waals surface area contributed by atoms with Crippen LogP contribution in [0, 0.1) is 0 Å². The van der Waals surface area contributed by atoms with Gasteiger partial charge in [0.05, 0.1) is 6.54 Å². The van der Waals surface area contributed by atoms with Gasteiger partial charge in [0, 0.05) is 43.2 Å². The van der Waals surface area contributed by atoms with Gasteiger partial charge in [-0.25, -0.2) is 4.98 Å². The number of benzene rings is 1.